The van der Waals surface area contributed by atoms with Crippen molar-refractivity contribution < 1.29 is 23.1 Å². The van der Waals surface area contributed by atoms with Gasteiger partial charge in [-0.1, -0.05) is 66.2 Å². The summed E-state index contributed by atoms with van der Waals surface area (Å²) in [6, 6.07) is 29.9. The average molecular weight is 578 g/mol. The minimum absolute atomic E-state index is 0.105. The Hall–Kier alpha value is -3.49. The van der Waals surface area contributed by atoms with Crippen molar-refractivity contribution in [2.24, 2.45) is 0 Å². The second kappa shape index (κ2) is 13.7. The number of carbonyl (C=O) groups excluding carboxylic acids is 1. The highest BCUT2D eigenvalue weighted by Crippen LogP contribution is 2.24. The number of hydrogen-bond donors (Lipinski definition) is 1. The van der Waals surface area contributed by atoms with Gasteiger partial charge in [0.2, 0.25) is 9.84 Å². The van der Waals surface area contributed by atoms with Gasteiger partial charge in [0.25, 0.3) is 0 Å². The van der Waals surface area contributed by atoms with E-state index in [1.54, 1.807) is 37.3 Å². The molecule has 6 nitrogen and oxygen atoms in total. The van der Waals surface area contributed by atoms with E-state index >= 15 is 0 Å². The summed E-state index contributed by atoms with van der Waals surface area (Å²) in [6.07, 6.45) is -0.146. The van der Waals surface area contributed by atoms with Crippen LogP contribution in [0.4, 0.5) is 0 Å². The van der Waals surface area contributed by atoms with E-state index in [-0.39, 0.29) is 16.4 Å². The second-order valence-corrected chi connectivity index (χ2v) is 11.8. The number of aliphatic hydroxyl groups excluding tert-OH is 1. The molecule has 0 saturated carbocycles. The highest BCUT2D eigenvalue weighted by molar-refractivity contribution is 7.91. The molecule has 0 aliphatic heterocycles. The van der Waals surface area contributed by atoms with Gasteiger partial charge in [0.15, 0.2) is 0 Å². The third kappa shape index (κ3) is 7.79. The van der Waals surface area contributed by atoms with Crippen molar-refractivity contribution in [3.05, 3.63) is 130 Å². The first-order valence-electron chi connectivity index (χ1n) is 13.1. The van der Waals surface area contributed by atoms with E-state index in [9.17, 15) is 18.3 Å². The van der Waals surface area contributed by atoms with Crippen LogP contribution in [0.25, 0.3) is 0 Å². The first-order chi connectivity index (χ1) is 19.3. The molecule has 208 valence electrons. The molecule has 4 rings (SSSR count). The Bertz CT molecular complexity index is 1520. The van der Waals surface area contributed by atoms with Crippen molar-refractivity contribution in [1.29, 1.82) is 0 Å². The Morgan fingerprint density at radius 2 is 1.57 bits per heavy atom. The standard InChI is InChI=1S/C32H32ClNO5S/c1-2-39-32(36)26-14-16-29(17-15-26)40(37,38)30-13-6-10-24(20-30)18-19-34(22-25-8-4-3-5-9-25)23-31(35)27-11-7-12-28(33)21-27/h3-17,20-21,31,35H,2,18-19,22-23H2,1H3/t31-/m1/s1. The van der Waals surface area contributed by atoms with Gasteiger partial charge in [-0.2, -0.15) is 0 Å². The van der Waals surface area contributed by atoms with E-state index in [0.29, 0.717) is 36.6 Å². The third-order valence-corrected chi connectivity index (χ3v) is 8.52. The van der Waals surface area contributed by atoms with Crippen molar-refractivity contribution >= 4 is 27.4 Å². The van der Waals surface area contributed by atoms with E-state index in [4.69, 9.17) is 16.3 Å². The zero-order chi connectivity index (χ0) is 28.5. The van der Waals surface area contributed by atoms with Crippen LogP contribution in [-0.4, -0.2) is 44.1 Å². The molecule has 0 bridgehead atoms. The van der Waals surface area contributed by atoms with E-state index in [0.717, 1.165) is 16.7 Å². The lowest BCUT2D eigenvalue weighted by Gasteiger charge is -2.26. The Kier molecular flexibility index (Phi) is 10.1. The van der Waals surface area contributed by atoms with Crippen LogP contribution in [0, 0.1) is 0 Å². The number of nitrogens with zero attached hydrogens (tertiary/aromatic N) is 1. The number of aliphatic hydroxyl groups is 1. The van der Waals surface area contributed by atoms with E-state index in [1.165, 1.54) is 24.3 Å². The fourth-order valence-electron chi connectivity index (χ4n) is 4.42. The molecule has 0 amide bonds. The van der Waals surface area contributed by atoms with Crippen molar-refractivity contribution in [2.45, 2.75) is 35.8 Å². The predicted octanol–water partition coefficient (Wildman–Crippen LogP) is 6.13. The molecule has 0 heterocycles. The summed E-state index contributed by atoms with van der Waals surface area (Å²) in [5.41, 5.74) is 3.02. The monoisotopic (exact) mass is 577 g/mol. The molecule has 0 aliphatic carbocycles. The van der Waals surface area contributed by atoms with Gasteiger partial charge in [0, 0.05) is 24.7 Å². The first kappa shape index (κ1) is 29.5. The first-order valence-corrected chi connectivity index (χ1v) is 14.9. The zero-order valence-corrected chi connectivity index (χ0v) is 23.8. The highest BCUT2D eigenvalue weighted by Gasteiger charge is 2.20. The Morgan fingerprint density at radius 1 is 0.875 bits per heavy atom. The summed E-state index contributed by atoms with van der Waals surface area (Å²) in [7, 11) is -3.78. The van der Waals surface area contributed by atoms with Crippen LogP contribution in [0.3, 0.4) is 0 Å². The summed E-state index contributed by atoms with van der Waals surface area (Å²) >= 11 is 6.13. The molecule has 1 atom stereocenters. The molecule has 8 heteroatoms. The fraction of sp³-hybridized carbons (Fsp3) is 0.219. The molecule has 0 aromatic heterocycles. The van der Waals surface area contributed by atoms with Crippen molar-refractivity contribution in [1.82, 2.24) is 4.90 Å². The van der Waals surface area contributed by atoms with Crippen LogP contribution in [0.15, 0.2) is 113 Å². The molecule has 0 spiro atoms. The molecule has 0 unspecified atom stereocenters. The Morgan fingerprint density at radius 3 is 2.27 bits per heavy atom. The van der Waals surface area contributed by atoms with Gasteiger partial charge in [-0.25, -0.2) is 13.2 Å². The third-order valence-electron chi connectivity index (χ3n) is 6.51. The molecule has 4 aromatic rings. The number of esters is 1. The number of hydrogen-bond acceptors (Lipinski definition) is 6. The minimum atomic E-state index is -3.78. The average Bonchev–Trinajstić information content (AvgIpc) is 2.97. The summed E-state index contributed by atoms with van der Waals surface area (Å²) in [5.74, 6) is -0.492. The van der Waals surface area contributed by atoms with Crippen LogP contribution in [-0.2, 0) is 27.5 Å². The van der Waals surface area contributed by atoms with E-state index in [2.05, 4.69) is 4.90 Å². The zero-order valence-electron chi connectivity index (χ0n) is 22.2. The van der Waals surface area contributed by atoms with Gasteiger partial charge in [-0.05, 0) is 78.6 Å². The molecule has 40 heavy (non-hydrogen) atoms. The quantitative estimate of drug-likeness (QED) is 0.204. The van der Waals surface area contributed by atoms with Crippen molar-refractivity contribution in [2.75, 3.05) is 19.7 Å². The lowest BCUT2D eigenvalue weighted by molar-refractivity contribution is 0.0526. The topological polar surface area (TPSA) is 83.9 Å². The molecular weight excluding hydrogens is 546 g/mol. The molecule has 0 saturated heterocycles. The predicted molar refractivity (Wildman–Crippen MR) is 156 cm³/mol. The smallest absolute Gasteiger partial charge is 0.338 e. The van der Waals surface area contributed by atoms with Crippen molar-refractivity contribution in [3.63, 3.8) is 0 Å². The molecule has 1 N–H and O–H groups in total. The van der Waals surface area contributed by atoms with Gasteiger partial charge in [-0.15, -0.1) is 0 Å². The van der Waals surface area contributed by atoms with Crippen LogP contribution >= 0.6 is 11.6 Å². The number of halogens is 1. The lowest BCUT2D eigenvalue weighted by Crippen LogP contribution is -2.30. The number of ether oxygens (including phenoxy) is 1. The summed E-state index contributed by atoms with van der Waals surface area (Å²) in [4.78, 5) is 14.4. The van der Waals surface area contributed by atoms with Crippen LogP contribution in [0.1, 0.15) is 40.1 Å². The largest absolute Gasteiger partial charge is 0.462 e. The maximum absolute atomic E-state index is 13.3. The molecule has 0 fully saturated rings. The number of rotatable bonds is 12. The maximum atomic E-state index is 13.3. The Balaban J connectivity index is 1.49. The number of carbonyl (C=O) groups is 1. The van der Waals surface area contributed by atoms with Gasteiger partial charge in [0.05, 0.1) is 28.1 Å². The van der Waals surface area contributed by atoms with Crippen LogP contribution in [0.2, 0.25) is 5.02 Å². The minimum Gasteiger partial charge on any atom is -0.462 e. The summed E-state index contributed by atoms with van der Waals surface area (Å²) < 4.78 is 31.6. The number of benzene rings is 4. The van der Waals surface area contributed by atoms with Gasteiger partial charge in [0.1, 0.15) is 0 Å². The van der Waals surface area contributed by atoms with Gasteiger partial charge >= 0.3 is 5.97 Å². The van der Waals surface area contributed by atoms with Crippen molar-refractivity contribution in [3.8, 4) is 0 Å². The SMILES string of the molecule is CCOC(=O)c1ccc(S(=O)(=O)c2cccc(CCN(Cc3ccccc3)C[C@@H](O)c3cccc(Cl)c3)c2)cc1. The van der Waals surface area contributed by atoms with E-state index in [1.807, 2.05) is 48.5 Å². The van der Waals surface area contributed by atoms with Crippen LogP contribution in [0.5, 0.6) is 0 Å². The van der Waals surface area contributed by atoms with Crippen LogP contribution < -0.4 is 0 Å². The second-order valence-electron chi connectivity index (χ2n) is 9.44. The highest BCUT2D eigenvalue weighted by atomic mass is 35.5. The Labute approximate surface area is 240 Å². The summed E-state index contributed by atoms with van der Waals surface area (Å²) in [6.45, 7) is 3.58. The lowest BCUT2D eigenvalue weighted by atomic mass is 10.1. The summed E-state index contributed by atoms with van der Waals surface area (Å²) in [5, 5.41) is 11.5. The molecular formula is C32H32ClNO5S. The fourth-order valence-corrected chi connectivity index (χ4v) is 5.95. The van der Waals surface area contributed by atoms with E-state index < -0.39 is 21.9 Å². The maximum Gasteiger partial charge on any atom is 0.338 e. The molecule has 0 aliphatic rings. The number of sulfone groups is 1. The molecule has 4 aromatic carbocycles. The van der Waals surface area contributed by atoms with Gasteiger partial charge < -0.3 is 9.84 Å². The van der Waals surface area contributed by atoms with Gasteiger partial charge in [-0.3, -0.25) is 4.90 Å². The molecule has 0 radical (unpaired) electrons. The normalized spacial score (nSPS) is 12.3.